The molecule has 0 aromatic heterocycles. The van der Waals surface area contributed by atoms with E-state index in [4.69, 9.17) is 16.7 Å². The number of halogens is 1. The number of carbonyl (C=O) groups excluding carboxylic acids is 1. The van der Waals surface area contributed by atoms with Crippen LogP contribution in [0.4, 0.5) is 0 Å². The average molecular weight is 256 g/mol. The molecule has 0 atom stereocenters. The van der Waals surface area contributed by atoms with Crippen LogP contribution in [0.3, 0.4) is 0 Å². The van der Waals surface area contributed by atoms with Crippen LogP contribution in [0.2, 0.25) is 5.02 Å². The van der Waals surface area contributed by atoms with Gasteiger partial charge < -0.3 is 10.4 Å². The monoisotopic (exact) mass is 255 g/mol. The van der Waals surface area contributed by atoms with Gasteiger partial charge in [0, 0.05) is 5.02 Å². The highest BCUT2D eigenvalue weighted by Crippen LogP contribution is 2.29. The predicted molar refractivity (Wildman–Crippen MR) is 68.9 cm³/mol. The Balaban J connectivity index is 3.05. The van der Waals surface area contributed by atoms with Crippen LogP contribution in [0.5, 0.6) is 0 Å². The number of hydrogen-bond acceptors (Lipinski definition) is 2. The Hall–Kier alpha value is -1.06. The topological polar surface area (TPSA) is 49.3 Å². The SMILES string of the molecule is CCC(CC)(NC(=O)CO)c1ccc(Cl)cc1. The molecule has 0 saturated heterocycles. The number of amides is 1. The van der Waals surface area contributed by atoms with Crippen LogP contribution in [0.1, 0.15) is 32.3 Å². The molecule has 2 N–H and O–H groups in total. The Morgan fingerprint density at radius 2 is 1.82 bits per heavy atom. The van der Waals surface area contributed by atoms with Gasteiger partial charge in [0.25, 0.3) is 0 Å². The van der Waals surface area contributed by atoms with Crippen molar-refractivity contribution in [3.63, 3.8) is 0 Å². The molecule has 94 valence electrons. The summed E-state index contributed by atoms with van der Waals surface area (Å²) in [6, 6.07) is 7.43. The van der Waals surface area contributed by atoms with Crippen molar-refractivity contribution in [1.82, 2.24) is 5.32 Å². The Kier molecular flexibility index (Phi) is 4.97. The van der Waals surface area contributed by atoms with Gasteiger partial charge in [-0.1, -0.05) is 37.6 Å². The standard InChI is InChI=1S/C13H18ClNO2/c1-3-13(4-2,15-12(17)9-16)10-5-7-11(14)8-6-10/h5-8,16H,3-4,9H2,1-2H3,(H,15,17). The van der Waals surface area contributed by atoms with Crippen LogP contribution in [0.25, 0.3) is 0 Å². The minimum atomic E-state index is -0.491. The highest BCUT2D eigenvalue weighted by Gasteiger charge is 2.29. The van der Waals surface area contributed by atoms with Crippen LogP contribution in [-0.4, -0.2) is 17.6 Å². The summed E-state index contributed by atoms with van der Waals surface area (Å²) in [6.45, 7) is 3.53. The Morgan fingerprint density at radius 1 is 1.29 bits per heavy atom. The summed E-state index contributed by atoms with van der Waals surface area (Å²) < 4.78 is 0. The molecule has 0 bridgehead atoms. The number of nitrogens with one attached hydrogen (secondary N) is 1. The number of carbonyl (C=O) groups is 1. The van der Waals surface area contributed by atoms with Gasteiger partial charge in [-0.2, -0.15) is 0 Å². The molecule has 0 fully saturated rings. The third-order valence-electron chi connectivity index (χ3n) is 3.13. The maximum absolute atomic E-state index is 11.4. The first-order valence-electron chi connectivity index (χ1n) is 5.76. The van der Waals surface area contributed by atoms with E-state index in [9.17, 15) is 4.79 Å². The lowest BCUT2D eigenvalue weighted by Gasteiger charge is -2.33. The Bertz CT molecular complexity index is 372. The zero-order valence-electron chi connectivity index (χ0n) is 10.2. The Morgan fingerprint density at radius 3 is 2.24 bits per heavy atom. The van der Waals surface area contributed by atoms with Crippen molar-refractivity contribution in [1.29, 1.82) is 0 Å². The molecule has 1 aromatic rings. The number of benzene rings is 1. The van der Waals surface area contributed by atoms with Crippen molar-refractivity contribution >= 4 is 17.5 Å². The molecule has 0 unspecified atom stereocenters. The second-order valence-corrected chi connectivity index (χ2v) is 4.44. The van der Waals surface area contributed by atoms with E-state index in [-0.39, 0.29) is 5.91 Å². The molecule has 0 saturated carbocycles. The maximum atomic E-state index is 11.4. The molecule has 0 aliphatic carbocycles. The summed E-state index contributed by atoms with van der Waals surface area (Å²) in [5.74, 6) is -0.358. The highest BCUT2D eigenvalue weighted by atomic mass is 35.5. The van der Waals surface area contributed by atoms with Gasteiger partial charge in [-0.25, -0.2) is 0 Å². The number of aliphatic hydroxyl groups is 1. The van der Waals surface area contributed by atoms with E-state index in [0.717, 1.165) is 18.4 Å². The largest absolute Gasteiger partial charge is 0.387 e. The first kappa shape index (κ1) is 14.0. The lowest BCUT2D eigenvalue weighted by atomic mass is 9.84. The van der Waals surface area contributed by atoms with Crippen molar-refractivity contribution in [2.24, 2.45) is 0 Å². The van der Waals surface area contributed by atoms with E-state index in [1.165, 1.54) is 0 Å². The Labute approximate surface area is 107 Å². The summed E-state index contributed by atoms with van der Waals surface area (Å²) >= 11 is 5.85. The molecule has 1 amide bonds. The average Bonchev–Trinajstić information content (AvgIpc) is 2.37. The second-order valence-electron chi connectivity index (χ2n) is 4.00. The molecular formula is C13H18ClNO2. The quantitative estimate of drug-likeness (QED) is 0.849. The van der Waals surface area contributed by atoms with Crippen LogP contribution in [0, 0.1) is 0 Å². The number of hydrogen-bond donors (Lipinski definition) is 2. The molecule has 3 nitrogen and oxygen atoms in total. The van der Waals surface area contributed by atoms with Gasteiger partial charge in [0.2, 0.25) is 5.91 Å². The van der Waals surface area contributed by atoms with Gasteiger partial charge in [-0.05, 0) is 30.5 Å². The lowest BCUT2D eigenvalue weighted by molar-refractivity contribution is -0.126. The van der Waals surface area contributed by atoms with Crippen molar-refractivity contribution in [2.45, 2.75) is 32.2 Å². The van der Waals surface area contributed by atoms with Gasteiger partial charge in [0.05, 0.1) is 5.54 Å². The molecular weight excluding hydrogens is 238 g/mol. The molecule has 1 rings (SSSR count). The predicted octanol–water partition coefficient (Wildman–Crippen LogP) is 2.46. The third-order valence-corrected chi connectivity index (χ3v) is 3.38. The summed E-state index contributed by atoms with van der Waals surface area (Å²) in [5.41, 5.74) is 0.582. The highest BCUT2D eigenvalue weighted by molar-refractivity contribution is 6.30. The molecule has 4 heteroatoms. The van der Waals surface area contributed by atoms with Crippen LogP contribution >= 0.6 is 11.6 Å². The van der Waals surface area contributed by atoms with Gasteiger partial charge in [-0.15, -0.1) is 0 Å². The van der Waals surface area contributed by atoms with Gasteiger partial charge in [-0.3, -0.25) is 4.79 Å². The van der Waals surface area contributed by atoms with Crippen molar-refractivity contribution < 1.29 is 9.90 Å². The van der Waals surface area contributed by atoms with E-state index < -0.39 is 12.1 Å². The van der Waals surface area contributed by atoms with E-state index in [1.807, 2.05) is 38.1 Å². The molecule has 0 aliphatic rings. The fraction of sp³-hybridized carbons (Fsp3) is 0.462. The molecule has 0 heterocycles. The van der Waals surface area contributed by atoms with Gasteiger partial charge >= 0.3 is 0 Å². The fourth-order valence-corrected chi connectivity index (χ4v) is 2.11. The van der Waals surface area contributed by atoms with Crippen LogP contribution in [0.15, 0.2) is 24.3 Å². The summed E-state index contributed by atoms with van der Waals surface area (Å²) in [5, 5.41) is 12.4. The van der Waals surface area contributed by atoms with Gasteiger partial charge in [0.1, 0.15) is 6.61 Å². The summed E-state index contributed by atoms with van der Waals surface area (Å²) in [7, 11) is 0. The minimum Gasteiger partial charge on any atom is -0.387 e. The lowest BCUT2D eigenvalue weighted by Crippen LogP contribution is -2.46. The van der Waals surface area contributed by atoms with Gasteiger partial charge in [0.15, 0.2) is 0 Å². The van der Waals surface area contributed by atoms with Crippen LogP contribution < -0.4 is 5.32 Å². The minimum absolute atomic E-state index is 0.358. The first-order chi connectivity index (χ1) is 8.07. The van der Waals surface area contributed by atoms with E-state index in [0.29, 0.717) is 5.02 Å². The third kappa shape index (κ3) is 3.20. The van der Waals surface area contributed by atoms with E-state index in [2.05, 4.69) is 5.32 Å². The zero-order chi connectivity index (χ0) is 12.9. The summed E-state index contributed by atoms with van der Waals surface area (Å²) in [4.78, 5) is 11.4. The second kappa shape index (κ2) is 6.03. The smallest absolute Gasteiger partial charge is 0.246 e. The number of aliphatic hydroxyl groups excluding tert-OH is 1. The first-order valence-corrected chi connectivity index (χ1v) is 6.13. The normalized spacial score (nSPS) is 11.3. The van der Waals surface area contributed by atoms with Crippen molar-refractivity contribution in [3.8, 4) is 0 Å². The van der Waals surface area contributed by atoms with Crippen molar-refractivity contribution in [3.05, 3.63) is 34.9 Å². The fourth-order valence-electron chi connectivity index (χ4n) is 1.98. The molecule has 0 aliphatic heterocycles. The number of rotatable bonds is 5. The molecule has 1 aromatic carbocycles. The van der Waals surface area contributed by atoms with Crippen LogP contribution in [-0.2, 0) is 10.3 Å². The molecule has 0 radical (unpaired) electrons. The van der Waals surface area contributed by atoms with Crippen molar-refractivity contribution in [2.75, 3.05) is 6.61 Å². The zero-order valence-corrected chi connectivity index (χ0v) is 10.9. The summed E-state index contributed by atoms with van der Waals surface area (Å²) in [6.07, 6.45) is 1.52. The van der Waals surface area contributed by atoms with E-state index >= 15 is 0 Å². The van der Waals surface area contributed by atoms with E-state index in [1.54, 1.807) is 0 Å². The molecule has 0 spiro atoms. The molecule has 17 heavy (non-hydrogen) atoms. The maximum Gasteiger partial charge on any atom is 0.246 e.